The van der Waals surface area contributed by atoms with Crippen molar-refractivity contribution in [2.45, 2.75) is 0 Å². The number of aliphatic hydroxyl groups is 1. The van der Waals surface area contributed by atoms with E-state index in [1.54, 1.807) is 30.3 Å². The fourth-order valence-electron chi connectivity index (χ4n) is 1.56. The van der Waals surface area contributed by atoms with Crippen LogP contribution in [0.5, 0.6) is 0 Å². The van der Waals surface area contributed by atoms with Gasteiger partial charge in [0, 0.05) is 18.8 Å². The average Bonchev–Trinajstić information content (AvgIpc) is 2.45. The molecule has 0 aromatic heterocycles. The topological polar surface area (TPSA) is 81.7 Å². The van der Waals surface area contributed by atoms with Crippen molar-refractivity contribution in [1.29, 1.82) is 0 Å². The third-order valence-corrected chi connectivity index (χ3v) is 2.50. The lowest BCUT2D eigenvalue weighted by molar-refractivity contribution is -0.130. The highest BCUT2D eigenvalue weighted by molar-refractivity contribution is 5.92. The number of rotatable bonds is 7. The first-order chi connectivity index (χ1) is 9.67. The standard InChI is InChI=1S/C14H19N3O3/c1-2-8-17(9-10-18)13(19)11-15-14(20)16-12-6-4-3-5-7-12/h2-7,18H,1,8-11H2,(H2,15,16,20). The van der Waals surface area contributed by atoms with E-state index in [9.17, 15) is 9.59 Å². The molecule has 0 saturated carbocycles. The summed E-state index contributed by atoms with van der Waals surface area (Å²) in [5, 5.41) is 13.9. The number of aliphatic hydroxyl groups excluding tert-OH is 1. The Morgan fingerprint density at radius 1 is 1.30 bits per heavy atom. The lowest BCUT2D eigenvalue weighted by atomic mass is 10.3. The highest BCUT2D eigenvalue weighted by atomic mass is 16.3. The van der Waals surface area contributed by atoms with Gasteiger partial charge >= 0.3 is 6.03 Å². The molecular weight excluding hydrogens is 258 g/mol. The molecule has 1 rings (SSSR count). The molecule has 6 heteroatoms. The van der Waals surface area contributed by atoms with E-state index in [-0.39, 0.29) is 25.6 Å². The third kappa shape index (κ3) is 5.53. The first kappa shape index (κ1) is 15.7. The quantitative estimate of drug-likeness (QED) is 0.645. The van der Waals surface area contributed by atoms with Crippen LogP contribution in [0.15, 0.2) is 43.0 Å². The molecule has 0 radical (unpaired) electrons. The van der Waals surface area contributed by atoms with Gasteiger partial charge in [0.1, 0.15) is 0 Å². The Labute approximate surface area is 118 Å². The Balaban J connectivity index is 2.39. The molecule has 0 atom stereocenters. The number of benzene rings is 1. The molecule has 0 heterocycles. The van der Waals surface area contributed by atoms with Gasteiger partial charge in [-0.3, -0.25) is 4.79 Å². The summed E-state index contributed by atoms with van der Waals surface area (Å²) in [7, 11) is 0. The van der Waals surface area contributed by atoms with Gasteiger partial charge in [-0.2, -0.15) is 0 Å². The second kappa shape index (κ2) is 8.71. The number of nitrogens with one attached hydrogen (secondary N) is 2. The summed E-state index contributed by atoms with van der Waals surface area (Å²) in [5.74, 6) is -0.276. The summed E-state index contributed by atoms with van der Waals surface area (Å²) in [6.45, 7) is 3.83. The third-order valence-electron chi connectivity index (χ3n) is 2.50. The summed E-state index contributed by atoms with van der Waals surface area (Å²) in [6.07, 6.45) is 1.57. The zero-order chi connectivity index (χ0) is 14.8. The van der Waals surface area contributed by atoms with Crippen molar-refractivity contribution in [3.63, 3.8) is 0 Å². The normalized spacial score (nSPS) is 9.65. The number of anilines is 1. The molecule has 3 amide bonds. The van der Waals surface area contributed by atoms with E-state index >= 15 is 0 Å². The molecule has 0 spiro atoms. The van der Waals surface area contributed by atoms with Gasteiger partial charge in [-0.25, -0.2) is 4.79 Å². The van der Waals surface area contributed by atoms with Crippen LogP contribution in [0.3, 0.4) is 0 Å². The van der Waals surface area contributed by atoms with Gasteiger partial charge in [-0.1, -0.05) is 24.3 Å². The molecule has 20 heavy (non-hydrogen) atoms. The van der Waals surface area contributed by atoms with Crippen LogP contribution in [0.2, 0.25) is 0 Å². The number of urea groups is 1. The van der Waals surface area contributed by atoms with E-state index in [1.807, 2.05) is 6.07 Å². The van der Waals surface area contributed by atoms with Crippen molar-refractivity contribution in [3.05, 3.63) is 43.0 Å². The van der Waals surface area contributed by atoms with Crippen molar-refractivity contribution in [2.24, 2.45) is 0 Å². The van der Waals surface area contributed by atoms with Gasteiger partial charge in [0.15, 0.2) is 0 Å². The number of para-hydroxylation sites is 1. The lowest BCUT2D eigenvalue weighted by Crippen LogP contribution is -2.42. The fraction of sp³-hybridized carbons (Fsp3) is 0.286. The molecule has 1 aromatic rings. The SMILES string of the molecule is C=CCN(CCO)C(=O)CNC(=O)Nc1ccccc1. The Morgan fingerprint density at radius 3 is 2.60 bits per heavy atom. The van der Waals surface area contributed by atoms with Crippen LogP contribution in [0, 0.1) is 0 Å². The number of hydrogen-bond donors (Lipinski definition) is 3. The minimum atomic E-state index is -0.452. The number of hydrogen-bond acceptors (Lipinski definition) is 3. The van der Waals surface area contributed by atoms with Crippen molar-refractivity contribution in [3.8, 4) is 0 Å². The maximum Gasteiger partial charge on any atom is 0.319 e. The van der Waals surface area contributed by atoms with E-state index in [2.05, 4.69) is 17.2 Å². The van der Waals surface area contributed by atoms with Crippen LogP contribution < -0.4 is 10.6 Å². The molecule has 0 saturated heterocycles. The second-order valence-corrected chi connectivity index (χ2v) is 4.03. The highest BCUT2D eigenvalue weighted by Gasteiger charge is 2.12. The molecule has 0 aliphatic rings. The second-order valence-electron chi connectivity index (χ2n) is 4.03. The maximum atomic E-state index is 11.8. The summed E-state index contributed by atoms with van der Waals surface area (Å²) in [5.41, 5.74) is 0.649. The zero-order valence-electron chi connectivity index (χ0n) is 11.2. The predicted octanol–water partition coefficient (Wildman–Crippen LogP) is 0.815. The number of nitrogens with zero attached hydrogens (tertiary/aromatic N) is 1. The van der Waals surface area contributed by atoms with Crippen molar-refractivity contribution < 1.29 is 14.7 Å². The van der Waals surface area contributed by atoms with Gasteiger partial charge in [0.25, 0.3) is 0 Å². The Hall–Kier alpha value is -2.34. The van der Waals surface area contributed by atoms with Crippen LogP contribution in [0.4, 0.5) is 10.5 Å². The van der Waals surface area contributed by atoms with E-state index in [0.717, 1.165) is 0 Å². The molecule has 0 bridgehead atoms. The highest BCUT2D eigenvalue weighted by Crippen LogP contribution is 2.03. The van der Waals surface area contributed by atoms with Crippen molar-refractivity contribution >= 4 is 17.6 Å². The molecule has 0 fully saturated rings. The summed E-state index contributed by atoms with van der Waals surface area (Å²) in [4.78, 5) is 24.8. The van der Waals surface area contributed by atoms with Crippen LogP contribution in [0.25, 0.3) is 0 Å². The molecule has 0 aliphatic heterocycles. The van der Waals surface area contributed by atoms with Crippen LogP contribution in [0.1, 0.15) is 0 Å². The first-order valence-electron chi connectivity index (χ1n) is 6.26. The summed E-state index contributed by atoms with van der Waals surface area (Å²) in [6, 6.07) is 8.48. The Kier molecular flexibility index (Phi) is 6.84. The Morgan fingerprint density at radius 2 is 2.00 bits per heavy atom. The molecule has 108 valence electrons. The minimum Gasteiger partial charge on any atom is -0.395 e. The first-order valence-corrected chi connectivity index (χ1v) is 6.26. The summed E-state index contributed by atoms with van der Waals surface area (Å²) >= 11 is 0. The molecular formula is C14H19N3O3. The van der Waals surface area contributed by atoms with Gasteiger partial charge in [-0.05, 0) is 12.1 Å². The van der Waals surface area contributed by atoms with E-state index < -0.39 is 6.03 Å². The smallest absolute Gasteiger partial charge is 0.319 e. The fourth-order valence-corrected chi connectivity index (χ4v) is 1.56. The average molecular weight is 277 g/mol. The van der Waals surface area contributed by atoms with Crippen molar-refractivity contribution in [2.75, 3.05) is 31.6 Å². The van der Waals surface area contributed by atoms with Gasteiger partial charge in [0.05, 0.1) is 13.2 Å². The van der Waals surface area contributed by atoms with Crippen LogP contribution >= 0.6 is 0 Å². The van der Waals surface area contributed by atoms with E-state index in [1.165, 1.54) is 4.90 Å². The van der Waals surface area contributed by atoms with Gasteiger partial charge < -0.3 is 20.6 Å². The number of carbonyl (C=O) groups excluding carboxylic acids is 2. The zero-order valence-corrected chi connectivity index (χ0v) is 11.2. The molecule has 0 aliphatic carbocycles. The van der Waals surface area contributed by atoms with Gasteiger partial charge in [-0.15, -0.1) is 6.58 Å². The maximum absolute atomic E-state index is 11.8. The minimum absolute atomic E-state index is 0.129. The monoisotopic (exact) mass is 277 g/mol. The van der Waals surface area contributed by atoms with Crippen LogP contribution in [-0.2, 0) is 4.79 Å². The lowest BCUT2D eigenvalue weighted by Gasteiger charge is -2.20. The summed E-state index contributed by atoms with van der Waals surface area (Å²) < 4.78 is 0. The van der Waals surface area contributed by atoms with E-state index in [0.29, 0.717) is 12.2 Å². The van der Waals surface area contributed by atoms with E-state index in [4.69, 9.17) is 5.11 Å². The number of amides is 3. The number of carbonyl (C=O) groups is 2. The largest absolute Gasteiger partial charge is 0.395 e. The Bertz CT molecular complexity index is 448. The molecule has 3 N–H and O–H groups in total. The van der Waals surface area contributed by atoms with Crippen LogP contribution in [-0.4, -0.2) is 48.2 Å². The predicted molar refractivity (Wildman–Crippen MR) is 77.3 cm³/mol. The van der Waals surface area contributed by atoms with Gasteiger partial charge in [0.2, 0.25) is 5.91 Å². The molecule has 0 unspecified atom stereocenters. The molecule has 1 aromatic carbocycles. The van der Waals surface area contributed by atoms with Crippen molar-refractivity contribution in [1.82, 2.24) is 10.2 Å². The molecule has 6 nitrogen and oxygen atoms in total.